The standard InChI is InChI=1S/C25H31FN2O2/c1-18(2)15-23(29)28-14-13-25(17-28,24(30)27(3)4)16-19-9-5-6-10-20(19)21-11-7-8-12-22(21)26/h5-12,18H,13-17H2,1-4H3/t25-/m1/s1. The number of amides is 2. The molecule has 1 saturated heterocycles. The van der Waals surface area contributed by atoms with Crippen molar-refractivity contribution in [2.75, 3.05) is 27.2 Å². The fourth-order valence-corrected chi connectivity index (χ4v) is 4.41. The molecule has 5 heteroatoms. The Bertz CT molecular complexity index is 925. The van der Waals surface area contributed by atoms with Crippen LogP contribution in [0.25, 0.3) is 11.1 Å². The SMILES string of the molecule is CC(C)CC(=O)N1CC[C@](Cc2ccccc2-c2ccccc2F)(C(=O)N(C)C)C1. The lowest BCUT2D eigenvalue weighted by molar-refractivity contribution is -0.139. The Morgan fingerprint density at radius 3 is 2.33 bits per heavy atom. The molecule has 0 radical (unpaired) electrons. The molecule has 2 aromatic rings. The van der Waals surface area contributed by atoms with Crippen molar-refractivity contribution in [3.63, 3.8) is 0 Å². The molecule has 4 nitrogen and oxygen atoms in total. The number of carbonyl (C=O) groups is 2. The zero-order chi connectivity index (χ0) is 21.9. The van der Waals surface area contributed by atoms with Crippen LogP contribution < -0.4 is 0 Å². The number of carbonyl (C=O) groups excluding carboxylic acids is 2. The summed E-state index contributed by atoms with van der Waals surface area (Å²) in [6.45, 7) is 5.03. The highest BCUT2D eigenvalue weighted by atomic mass is 19.1. The quantitative estimate of drug-likeness (QED) is 0.709. The number of halogens is 1. The Morgan fingerprint density at radius 2 is 1.70 bits per heavy atom. The summed E-state index contributed by atoms with van der Waals surface area (Å²) in [6, 6.07) is 14.4. The summed E-state index contributed by atoms with van der Waals surface area (Å²) in [6.07, 6.45) is 1.57. The normalized spacial score (nSPS) is 18.7. The van der Waals surface area contributed by atoms with E-state index in [0.717, 1.165) is 11.1 Å². The number of hydrogen-bond donors (Lipinski definition) is 0. The molecule has 1 atom stereocenters. The van der Waals surface area contributed by atoms with Crippen LogP contribution in [0.15, 0.2) is 48.5 Å². The molecule has 0 N–H and O–H groups in total. The molecule has 3 rings (SSSR count). The second kappa shape index (κ2) is 8.99. The number of nitrogens with zero attached hydrogens (tertiary/aromatic N) is 2. The highest BCUT2D eigenvalue weighted by molar-refractivity contribution is 5.86. The number of likely N-dealkylation sites (tertiary alicyclic amines) is 1. The van der Waals surface area contributed by atoms with Crippen LogP contribution in [0.5, 0.6) is 0 Å². The molecule has 1 fully saturated rings. The van der Waals surface area contributed by atoms with E-state index < -0.39 is 5.41 Å². The number of benzene rings is 2. The lowest BCUT2D eigenvalue weighted by Gasteiger charge is -2.32. The third kappa shape index (κ3) is 4.55. The van der Waals surface area contributed by atoms with Gasteiger partial charge in [-0.05, 0) is 36.0 Å². The summed E-state index contributed by atoms with van der Waals surface area (Å²) >= 11 is 0. The molecule has 0 bridgehead atoms. The molecule has 1 aliphatic heterocycles. The second-order valence-corrected chi connectivity index (χ2v) is 8.96. The van der Waals surface area contributed by atoms with Crippen LogP contribution >= 0.6 is 0 Å². The van der Waals surface area contributed by atoms with Gasteiger partial charge in [-0.25, -0.2) is 4.39 Å². The molecule has 30 heavy (non-hydrogen) atoms. The Labute approximate surface area is 178 Å². The van der Waals surface area contributed by atoms with E-state index in [9.17, 15) is 14.0 Å². The molecule has 2 amide bonds. The first kappa shape index (κ1) is 22.0. The first-order valence-electron chi connectivity index (χ1n) is 10.6. The van der Waals surface area contributed by atoms with E-state index in [1.54, 1.807) is 31.1 Å². The summed E-state index contributed by atoms with van der Waals surface area (Å²) in [5, 5.41) is 0. The van der Waals surface area contributed by atoms with Gasteiger partial charge in [0.2, 0.25) is 11.8 Å². The van der Waals surface area contributed by atoms with Crippen molar-refractivity contribution in [3.8, 4) is 11.1 Å². The average Bonchev–Trinajstić information content (AvgIpc) is 3.13. The molecular weight excluding hydrogens is 379 g/mol. The number of hydrogen-bond acceptors (Lipinski definition) is 2. The fourth-order valence-electron chi connectivity index (χ4n) is 4.41. The van der Waals surface area contributed by atoms with Gasteiger partial charge in [-0.3, -0.25) is 9.59 Å². The average molecular weight is 411 g/mol. The summed E-state index contributed by atoms with van der Waals surface area (Å²) < 4.78 is 14.5. The Hall–Kier alpha value is -2.69. The third-order valence-electron chi connectivity index (χ3n) is 5.86. The van der Waals surface area contributed by atoms with E-state index in [0.29, 0.717) is 37.9 Å². The zero-order valence-corrected chi connectivity index (χ0v) is 18.3. The molecule has 0 spiro atoms. The first-order chi connectivity index (χ1) is 14.2. The van der Waals surface area contributed by atoms with Gasteiger partial charge in [0, 0.05) is 39.2 Å². The van der Waals surface area contributed by atoms with Crippen molar-refractivity contribution in [1.29, 1.82) is 0 Å². The van der Waals surface area contributed by atoms with Crippen molar-refractivity contribution < 1.29 is 14.0 Å². The second-order valence-electron chi connectivity index (χ2n) is 8.96. The number of rotatable bonds is 6. The van der Waals surface area contributed by atoms with Crippen LogP contribution in [0, 0.1) is 17.2 Å². The van der Waals surface area contributed by atoms with Gasteiger partial charge in [0.05, 0.1) is 5.41 Å². The maximum Gasteiger partial charge on any atom is 0.230 e. The van der Waals surface area contributed by atoms with Gasteiger partial charge in [-0.1, -0.05) is 56.3 Å². The Balaban J connectivity index is 1.96. The van der Waals surface area contributed by atoms with Crippen molar-refractivity contribution in [1.82, 2.24) is 9.80 Å². The lowest BCUT2D eigenvalue weighted by atomic mass is 9.77. The smallest absolute Gasteiger partial charge is 0.230 e. The van der Waals surface area contributed by atoms with Gasteiger partial charge >= 0.3 is 0 Å². The Kier molecular flexibility index (Phi) is 6.59. The molecule has 160 valence electrons. The maximum atomic E-state index is 14.5. The monoisotopic (exact) mass is 410 g/mol. The molecule has 0 aromatic heterocycles. The largest absolute Gasteiger partial charge is 0.348 e. The first-order valence-corrected chi connectivity index (χ1v) is 10.6. The fraction of sp³-hybridized carbons (Fsp3) is 0.440. The van der Waals surface area contributed by atoms with E-state index >= 15 is 0 Å². The summed E-state index contributed by atoms with van der Waals surface area (Å²) in [4.78, 5) is 29.4. The minimum Gasteiger partial charge on any atom is -0.348 e. The van der Waals surface area contributed by atoms with Gasteiger partial charge in [-0.2, -0.15) is 0 Å². The summed E-state index contributed by atoms with van der Waals surface area (Å²) in [7, 11) is 3.51. The van der Waals surface area contributed by atoms with Crippen molar-refractivity contribution in [2.24, 2.45) is 11.3 Å². The van der Waals surface area contributed by atoms with Gasteiger partial charge < -0.3 is 9.80 Å². The molecule has 2 aromatic carbocycles. The van der Waals surface area contributed by atoms with Gasteiger partial charge in [0.15, 0.2) is 0 Å². The Morgan fingerprint density at radius 1 is 1.07 bits per heavy atom. The molecule has 1 heterocycles. The van der Waals surface area contributed by atoms with E-state index in [1.807, 2.05) is 49.1 Å². The molecule has 0 unspecified atom stereocenters. The topological polar surface area (TPSA) is 40.6 Å². The maximum absolute atomic E-state index is 14.5. The van der Waals surface area contributed by atoms with Crippen LogP contribution in [0.1, 0.15) is 32.3 Å². The van der Waals surface area contributed by atoms with Crippen molar-refractivity contribution >= 4 is 11.8 Å². The van der Waals surface area contributed by atoms with Crippen LogP contribution in [0.2, 0.25) is 0 Å². The van der Waals surface area contributed by atoms with Gasteiger partial charge in [-0.15, -0.1) is 0 Å². The highest BCUT2D eigenvalue weighted by Crippen LogP contribution is 2.39. The van der Waals surface area contributed by atoms with E-state index in [4.69, 9.17) is 0 Å². The molecule has 0 aliphatic carbocycles. The van der Waals surface area contributed by atoms with Crippen molar-refractivity contribution in [3.05, 3.63) is 59.9 Å². The molecule has 0 saturated carbocycles. The van der Waals surface area contributed by atoms with Crippen LogP contribution in [-0.2, 0) is 16.0 Å². The lowest BCUT2D eigenvalue weighted by Crippen LogP contribution is -2.44. The van der Waals surface area contributed by atoms with Gasteiger partial charge in [0.25, 0.3) is 0 Å². The zero-order valence-electron chi connectivity index (χ0n) is 18.3. The third-order valence-corrected chi connectivity index (χ3v) is 5.86. The van der Waals surface area contributed by atoms with E-state index in [-0.39, 0.29) is 23.5 Å². The van der Waals surface area contributed by atoms with E-state index in [2.05, 4.69) is 0 Å². The van der Waals surface area contributed by atoms with Crippen LogP contribution in [0.3, 0.4) is 0 Å². The predicted molar refractivity (Wildman–Crippen MR) is 117 cm³/mol. The van der Waals surface area contributed by atoms with Crippen LogP contribution in [0.4, 0.5) is 4.39 Å². The molecule has 1 aliphatic rings. The van der Waals surface area contributed by atoms with Gasteiger partial charge in [0.1, 0.15) is 5.82 Å². The summed E-state index contributed by atoms with van der Waals surface area (Å²) in [5.41, 5.74) is 1.56. The minimum absolute atomic E-state index is 0.0192. The summed E-state index contributed by atoms with van der Waals surface area (Å²) in [5.74, 6) is 0.114. The predicted octanol–water partition coefficient (Wildman–Crippen LogP) is 4.39. The van der Waals surface area contributed by atoms with E-state index in [1.165, 1.54) is 6.07 Å². The van der Waals surface area contributed by atoms with Crippen LogP contribution in [-0.4, -0.2) is 48.8 Å². The highest BCUT2D eigenvalue weighted by Gasteiger charge is 2.47. The molecular formula is C25H31FN2O2. The van der Waals surface area contributed by atoms with Crippen molar-refractivity contribution in [2.45, 2.75) is 33.1 Å². The minimum atomic E-state index is -0.697.